The molecule has 104 valence electrons. The van der Waals surface area contributed by atoms with Crippen LogP contribution < -0.4 is 0 Å². The summed E-state index contributed by atoms with van der Waals surface area (Å²) in [5.41, 5.74) is 1.58. The molecule has 1 aromatic carbocycles. The highest BCUT2D eigenvalue weighted by Crippen LogP contribution is 2.28. The van der Waals surface area contributed by atoms with Gasteiger partial charge in [-0.2, -0.15) is 5.10 Å². The van der Waals surface area contributed by atoms with Gasteiger partial charge in [-0.3, -0.25) is 4.79 Å². The van der Waals surface area contributed by atoms with Crippen molar-refractivity contribution in [3.8, 4) is 5.69 Å². The maximum Gasteiger partial charge on any atom is 0.254 e. The number of carbonyl (C=O) groups excluding carboxylic acids is 1. The van der Waals surface area contributed by atoms with Gasteiger partial charge in [-0.1, -0.05) is 0 Å². The van der Waals surface area contributed by atoms with E-state index >= 15 is 0 Å². The van der Waals surface area contributed by atoms with E-state index in [1.54, 1.807) is 15.8 Å². The topological polar surface area (TPSA) is 58.4 Å². The fraction of sp³-hybridized carbons (Fsp3) is 0.333. The van der Waals surface area contributed by atoms with Crippen LogP contribution in [0, 0.1) is 0 Å². The maximum absolute atomic E-state index is 12.4. The second kappa shape index (κ2) is 5.46. The molecule has 0 unspecified atom stereocenters. The summed E-state index contributed by atoms with van der Waals surface area (Å²) < 4.78 is 1.75. The van der Waals surface area contributed by atoms with Gasteiger partial charge in [-0.05, 0) is 43.2 Å². The van der Waals surface area contributed by atoms with Gasteiger partial charge in [0.15, 0.2) is 0 Å². The van der Waals surface area contributed by atoms with Crippen LogP contribution in [-0.2, 0) is 0 Å². The van der Waals surface area contributed by atoms with Crippen LogP contribution in [0.15, 0.2) is 42.7 Å². The fourth-order valence-corrected chi connectivity index (χ4v) is 2.29. The van der Waals surface area contributed by atoms with Crippen molar-refractivity contribution in [1.29, 1.82) is 0 Å². The van der Waals surface area contributed by atoms with Gasteiger partial charge in [0.2, 0.25) is 0 Å². The van der Waals surface area contributed by atoms with Crippen LogP contribution in [0.2, 0.25) is 0 Å². The first-order valence-electron chi connectivity index (χ1n) is 6.81. The van der Waals surface area contributed by atoms with Crippen LogP contribution in [-0.4, -0.2) is 44.9 Å². The molecule has 0 bridgehead atoms. The first-order valence-corrected chi connectivity index (χ1v) is 6.81. The van der Waals surface area contributed by atoms with Gasteiger partial charge < -0.3 is 10.0 Å². The lowest BCUT2D eigenvalue weighted by atomic mass is 10.1. The second-order valence-corrected chi connectivity index (χ2v) is 4.95. The minimum absolute atomic E-state index is 0.00596. The van der Waals surface area contributed by atoms with E-state index in [0.717, 1.165) is 18.5 Å². The second-order valence-electron chi connectivity index (χ2n) is 4.95. The molecule has 1 saturated carbocycles. The molecule has 1 amide bonds. The van der Waals surface area contributed by atoms with Crippen LogP contribution in [0.25, 0.3) is 5.69 Å². The molecule has 1 fully saturated rings. The fourth-order valence-electron chi connectivity index (χ4n) is 2.29. The number of aromatic nitrogens is 2. The standard InChI is InChI=1S/C15H17N3O2/c19-11-10-17(13-6-7-13)15(20)12-2-4-14(5-3-12)18-9-1-8-16-18/h1-5,8-9,13,19H,6-7,10-11H2. The van der Waals surface area contributed by atoms with Crippen molar-refractivity contribution >= 4 is 5.91 Å². The number of benzene rings is 1. The first kappa shape index (κ1) is 12.9. The highest BCUT2D eigenvalue weighted by atomic mass is 16.3. The molecule has 20 heavy (non-hydrogen) atoms. The van der Waals surface area contributed by atoms with Crippen LogP contribution in [0.4, 0.5) is 0 Å². The normalized spacial score (nSPS) is 14.2. The van der Waals surface area contributed by atoms with Crippen LogP contribution in [0.1, 0.15) is 23.2 Å². The van der Waals surface area contributed by atoms with Gasteiger partial charge in [-0.15, -0.1) is 0 Å². The quantitative estimate of drug-likeness (QED) is 0.896. The average Bonchev–Trinajstić information content (AvgIpc) is 3.17. The highest BCUT2D eigenvalue weighted by molar-refractivity contribution is 5.94. The molecule has 0 atom stereocenters. The Morgan fingerprint density at radius 1 is 1.35 bits per heavy atom. The van der Waals surface area contributed by atoms with E-state index in [2.05, 4.69) is 5.10 Å². The molecule has 1 aliphatic carbocycles. The summed E-state index contributed by atoms with van der Waals surface area (Å²) in [6, 6.07) is 9.54. The number of rotatable bonds is 5. The number of amides is 1. The minimum atomic E-state index is -0.00596. The van der Waals surface area contributed by atoms with Crippen LogP contribution in [0.3, 0.4) is 0 Å². The molecule has 5 heteroatoms. The summed E-state index contributed by atoms with van der Waals surface area (Å²) in [4.78, 5) is 14.2. The van der Waals surface area contributed by atoms with E-state index in [1.165, 1.54) is 0 Å². The molecule has 1 heterocycles. The van der Waals surface area contributed by atoms with Crippen molar-refractivity contribution in [3.05, 3.63) is 48.3 Å². The number of nitrogens with zero attached hydrogens (tertiary/aromatic N) is 3. The van der Waals surface area contributed by atoms with Gasteiger partial charge >= 0.3 is 0 Å². The Labute approximate surface area is 117 Å². The third-order valence-electron chi connectivity index (χ3n) is 3.47. The van der Waals surface area contributed by atoms with E-state index < -0.39 is 0 Å². The van der Waals surface area contributed by atoms with Crippen molar-refractivity contribution in [2.24, 2.45) is 0 Å². The van der Waals surface area contributed by atoms with E-state index in [1.807, 2.05) is 36.5 Å². The number of carbonyl (C=O) groups is 1. The van der Waals surface area contributed by atoms with Crippen LogP contribution >= 0.6 is 0 Å². The molecule has 0 radical (unpaired) electrons. The molecule has 3 rings (SSSR count). The molecule has 0 spiro atoms. The summed E-state index contributed by atoms with van der Waals surface area (Å²) in [6.07, 6.45) is 5.66. The number of aliphatic hydroxyl groups excluding tert-OH is 1. The number of aliphatic hydroxyl groups is 1. The Hall–Kier alpha value is -2.14. The zero-order chi connectivity index (χ0) is 13.9. The molecule has 2 aromatic rings. The van der Waals surface area contributed by atoms with Crippen molar-refractivity contribution in [2.45, 2.75) is 18.9 Å². The van der Waals surface area contributed by atoms with Crippen LogP contribution in [0.5, 0.6) is 0 Å². The summed E-state index contributed by atoms with van der Waals surface area (Å²) in [5.74, 6) is -0.00596. The minimum Gasteiger partial charge on any atom is -0.395 e. The van der Waals surface area contributed by atoms with Gasteiger partial charge in [0.1, 0.15) is 0 Å². The summed E-state index contributed by atoms with van der Waals surface area (Å²) in [6.45, 7) is 0.415. The van der Waals surface area contributed by atoms with E-state index in [4.69, 9.17) is 5.11 Å². The summed E-state index contributed by atoms with van der Waals surface area (Å²) in [5, 5.41) is 13.2. The molecule has 1 N–H and O–H groups in total. The lowest BCUT2D eigenvalue weighted by Crippen LogP contribution is -2.35. The third-order valence-corrected chi connectivity index (χ3v) is 3.47. The molecule has 1 aliphatic rings. The zero-order valence-corrected chi connectivity index (χ0v) is 11.1. The summed E-state index contributed by atoms with van der Waals surface area (Å²) in [7, 11) is 0. The van der Waals surface area contributed by atoms with Gasteiger partial charge in [0, 0.05) is 30.5 Å². The van der Waals surface area contributed by atoms with Crippen molar-refractivity contribution in [1.82, 2.24) is 14.7 Å². The lowest BCUT2D eigenvalue weighted by molar-refractivity contribution is 0.0707. The van der Waals surface area contributed by atoms with Crippen molar-refractivity contribution in [3.63, 3.8) is 0 Å². The zero-order valence-electron chi connectivity index (χ0n) is 11.1. The largest absolute Gasteiger partial charge is 0.395 e. The van der Waals surface area contributed by atoms with E-state index in [-0.39, 0.29) is 12.5 Å². The molecule has 0 saturated heterocycles. The predicted octanol–water partition coefficient (Wildman–Crippen LogP) is 1.47. The Bertz CT molecular complexity index is 574. The van der Waals surface area contributed by atoms with Crippen molar-refractivity contribution in [2.75, 3.05) is 13.2 Å². The number of hydrogen-bond acceptors (Lipinski definition) is 3. The maximum atomic E-state index is 12.4. The average molecular weight is 271 g/mol. The first-order chi connectivity index (χ1) is 9.79. The smallest absolute Gasteiger partial charge is 0.254 e. The van der Waals surface area contributed by atoms with Gasteiger partial charge in [0.05, 0.1) is 12.3 Å². The Kier molecular flexibility index (Phi) is 3.52. The van der Waals surface area contributed by atoms with Gasteiger partial charge in [0.25, 0.3) is 5.91 Å². The molecule has 5 nitrogen and oxygen atoms in total. The molecule has 1 aromatic heterocycles. The molecular formula is C15H17N3O2. The highest BCUT2D eigenvalue weighted by Gasteiger charge is 2.32. The summed E-state index contributed by atoms with van der Waals surface area (Å²) >= 11 is 0. The monoisotopic (exact) mass is 271 g/mol. The van der Waals surface area contributed by atoms with E-state index in [0.29, 0.717) is 18.2 Å². The van der Waals surface area contributed by atoms with E-state index in [9.17, 15) is 4.79 Å². The lowest BCUT2D eigenvalue weighted by Gasteiger charge is -2.21. The SMILES string of the molecule is O=C(c1ccc(-n2cccn2)cc1)N(CCO)C1CC1. The molecule has 0 aliphatic heterocycles. The predicted molar refractivity (Wildman–Crippen MR) is 74.7 cm³/mol. The number of hydrogen-bond donors (Lipinski definition) is 1. The Morgan fingerprint density at radius 3 is 2.65 bits per heavy atom. The van der Waals surface area contributed by atoms with Gasteiger partial charge in [-0.25, -0.2) is 4.68 Å². The third kappa shape index (κ3) is 2.58. The van der Waals surface area contributed by atoms with Crippen molar-refractivity contribution < 1.29 is 9.90 Å². The Balaban J connectivity index is 1.78. The molecular weight excluding hydrogens is 254 g/mol. The Morgan fingerprint density at radius 2 is 2.10 bits per heavy atom.